The zero-order valence-electron chi connectivity index (χ0n) is 5.43. The van der Waals surface area contributed by atoms with Crippen LogP contribution in [0.2, 0.25) is 0 Å². The second-order valence-corrected chi connectivity index (χ2v) is 4.32. The van der Waals surface area contributed by atoms with Gasteiger partial charge in [-0.3, -0.25) is 0 Å². The van der Waals surface area contributed by atoms with E-state index in [0.717, 1.165) is 20.8 Å². The maximum Gasteiger partial charge on any atom is 0.159 e. The Hall–Kier alpha value is -0.220. The summed E-state index contributed by atoms with van der Waals surface area (Å²) in [4.78, 5) is 15.3. The maximum atomic E-state index is 10.1. The minimum Gasteiger partial charge on any atom is -0.303 e. The van der Waals surface area contributed by atoms with Crippen LogP contribution in [0.3, 0.4) is 0 Å². The van der Waals surface area contributed by atoms with Crippen molar-refractivity contribution in [3.05, 3.63) is 14.5 Å². The number of rotatable bonds is 2. The van der Waals surface area contributed by atoms with Crippen LogP contribution in [0.15, 0.2) is 3.92 Å². The van der Waals surface area contributed by atoms with Crippen molar-refractivity contribution in [3.63, 3.8) is 0 Å². The van der Waals surface area contributed by atoms with Crippen LogP contribution in [0.4, 0.5) is 0 Å². The molecule has 0 saturated carbocycles. The Morgan fingerprint density at radius 3 is 2.90 bits per heavy atom. The van der Waals surface area contributed by atoms with E-state index in [4.69, 9.17) is 0 Å². The topological polar surface area (TPSA) is 30.0 Å². The number of aromatic nitrogens is 1. The van der Waals surface area contributed by atoms with Crippen LogP contribution < -0.4 is 0 Å². The molecule has 0 spiro atoms. The fourth-order valence-corrected chi connectivity index (χ4v) is 2.26. The lowest BCUT2D eigenvalue weighted by molar-refractivity contribution is -0.107. The third kappa shape index (κ3) is 1.64. The van der Waals surface area contributed by atoms with Gasteiger partial charge in [0.1, 0.15) is 6.29 Å². The Bertz CT molecular complexity index is 246. The molecule has 0 saturated heterocycles. The number of halogens is 1. The molecule has 10 heavy (non-hydrogen) atoms. The molecule has 0 atom stereocenters. The lowest BCUT2D eigenvalue weighted by atomic mass is 10.3. The molecule has 0 fully saturated rings. The van der Waals surface area contributed by atoms with Crippen molar-refractivity contribution in [2.45, 2.75) is 13.3 Å². The van der Waals surface area contributed by atoms with Gasteiger partial charge < -0.3 is 4.79 Å². The summed E-state index contributed by atoms with van der Waals surface area (Å²) in [5, 5.41) is 0. The van der Waals surface area contributed by atoms with E-state index in [1.165, 1.54) is 0 Å². The van der Waals surface area contributed by atoms with E-state index < -0.39 is 0 Å². The molecule has 54 valence electrons. The van der Waals surface area contributed by atoms with Crippen molar-refractivity contribution in [2.24, 2.45) is 0 Å². The standard InChI is InChI=1S/C6H6BrNOS/c1-4-5(2-3-9)8-6(7)10-4/h3H,2H2,1H3. The molecule has 0 aliphatic carbocycles. The molecule has 0 bridgehead atoms. The highest BCUT2D eigenvalue weighted by Crippen LogP contribution is 2.21. The predicted molar refractivity (Wildman–Crippen MR) is 44.3 cm³/mol. The Morgan fingerprint density at radius 1 is 1.80 bits per heavy atom. The van der Waals surface area contributed by atoms with Crippen LogP contribution >= 0.6 is 27.3 Å². The molecule has 0 aromatic carbocycles. The lowest BCUT2D eigenvalue weighted by Crippen LogP contribution is -1.87. The maximum absolute atomic E-state index is 10.1. The Morgan fingerprint density at radius 2 is 2.50 bits per heavy atom. The SMILES string of the molecule is Cc1sc(Br)nc1CC=O. The van der Waals surface area contributed by atoms with E-state index in [2.05, 4.69) is 20.9 Å². The number of carbonyl (C=O) groups excluding carboxylic acids is 1. The van der Waals surface area contributed by atoms with Gasteiger partial charge in [-0.15, -0.1) is 11.3 Å². The smallest absolute Gasteiger partial charge is 0.159 e. The molecule has 0 radical (unpaired) electrons. The van der Waals surface area contributed by atoms with Crippen LogP contribution in [-0.4, -0.2) is 11.3 Å². The average molecular weight is 220 g/mol. The minimum absolute atomic E-state index is 0.425. The quantitative estimate of drug-likeness (QED) is 0.713. The summed E-state index contributed by atoms with van der Waals surface area (Å²) >= 11 is 4.80. The summed E-state index contributed by atoms with van der Waals surface area (Å²) in [6.07, 6.45) is 1.29. The molecule has 0 aliphatic heterocycles. The van der Waals surface area contributed by atoms with Gasteiger partial charge in [0.15, 0.2) is 3.92 Å². The summed E-state index contributed by atoms with van der Waals surface area (Å²) in [6.45, 7) is 1.96. The van der Waals surface area contributed by atoms with Gasteiger partial charge in [-0.1, -0.05) is 0 Å². The molecule has 1 aromatic rings. The van der Waals surface area contributed by atoms with Crippen molar-refractivity contribution in [1.29, 1.82) is 0 Å². The average Bonchev–Trinajstić information content (AvgIpc) is 2.13. The molecular formula is C6H6BrNOS. The van der Waals surface area contributed by atoms with E-state index >= 15 is 0 Å². The first kappa shape index (κ1) is 7.88. The van der Waals surface area contributed by atoms with E-state index in [9.17, 15) is 4.79 Å². The third-order valence-corrected chi connectivity index (χ3v) is 2.61. The fraction of sp³-hybridized carbons (Fsp3) is 0.333. The molecule has 0 N–H and O–H groups in total. The van der Waals surface area contributed by atoms with Crippen molar-refractivity contribution in [1.82, 2.24) is 4.98 Å². The van der Waals surface area contributed by atoms with Crippen molar-refractivity contribution in [2.75, 3.05) is 0 Å². The number of nitrogens with zero attached hydrogens (tertiary/aromatic N) is 1. The van der Waals surface area contributed by atoms with Crippen LogP contribution in [0.1, 0.15) is 10.6 Å². The number of hydrogen-bond donors (Lipinski definition) is 0. The van der Waals surface area contributed by atoms with E-state index in [0.29, 0.717) is 6.42 Å². The van der Waals surface area contributed by atoms with Crippen molar-refractivity contribution < 1.29 is 4.79 Å². The third-order valence-electron chi connectivity index (χ3n) is 1.14. The van der Waals surface area contributed by atoms with Crippen LogP contribution in [-0.2, 0) is 11.2 Å². The molecule has 0 unspecified atom stereocenters. The summed E-state index contributed by atoms with van der Waals surface area (Å²) in [5.41, 5.74) is 0.881. The fourth-order valence-electron chi connectivity index (χ4n) is 0.661. The molecule has 4 heteroatoms. The van der Waals surface area contributed by atoms with Gasteiger partial charge in [-0.25, -0.2) is 4.98 Å². The summed E-state index contributed by atoms with van der Waals surface area (Å²) in [6, 6.07) is 0. The lowest BCUT2D eigenvalue weighted by Gasteiger charge is -1.85. The minimum atomic E-state index is 0.425. The highest BCUT2D eigenvalue weighted by atomic mass is 79.9. The normalized spacial score (nSPS) is 9.80. The number of carbonyl (C=O) groups is 1. The zero-order valence-corrected chi connectivity index (χ0v) is 7.83. The number of thiazole rings is 1. The Balaban J connectivity index is 2.91. The molecule has 1 aromatic heterocycles. The predicted octanol–water partition coefficient (Wildman–Crippen LogP) is 1.96. The van der Waals surface area contributed by atoms with E-state index in [1.54, 1.807) is 11.3 Å². The van der Waals surface area contributed by atoms with E-state index in [1.807, 2.05) is 6.92 Å². The summed E-state index contributed by atoms with van der Waals surface area (Å²) in [7, 11) is 0. The molecule has 1 rings (SSSR count). The molecule has 0 aliphatic rings. The highest BCUT2D eigenvalue weighted by Gasteiger charge is 2.03. The Labute approximate surface area is 71.4 Å². The van der Waals surface area contributed by atoms with Gasteiger partial charge in [0.2, 0.25) is 0 Å². The van der Waals surface area contributed by atoms with Crippen LogP contribution in [0, 0.1) is 6.92 Å². The van der Waals surface area contributed by atoms with Crippen LogP contribution in [0.25, 0.3) is 0 Å². The Kier molecular flexibility index (Phi) is 2.56. The molecular weight excluding hydrogens is 214 g/mol. The number of aldehydes is 1. The number of hydrogen-bond acceptors (Lipinski definition) is 3. The van der Waals surface area contributed by atoms with Gasteiger partial charge in [0.25, 0.3) is 0 Å². The molecule has 1 heterocycles. The van der Waals surface area contributed by atoms with Gasteiger partial charge in [-0.05, 0) is 22.9 Å². The first-order valence-electron chi connectivity index (χ1n) is 2.79. The van der Waals surface area contributed by atoms with Gasteiger partial charge in [0, 0.05) is 11.3 Å². The van der Waals surface area contributed by atoms with E-state index in [-0.39, 0.29) is 0 Å². The van der Waals surface area contributed by atoms with Crippen molar-refractivity contribution >= 4 is 33.6 Å². The first-order valence-corrected chi connectivity index (χ1v) is 4.40. The summed E-state index contributed by atoms with van der Waals surface area (Å²) < 4.78 is 0.849. The highest BCUT2D eigenvalue weighted by molar-refractivity contribution is 9.11. The molecule has 0 amide bonds. The number of aryl methyl sites for hydroxylation is 1. The second kappa shape index (κ2) is 3.25. The molecule has 2 nitrogen and oxygen atoms in total. The van der Waals surface area contributed by atoms with Gasteiger partial charge in [0.05, 0.1) is 5.69 Å². The monoisotopic (exact) mass is 219 g/mol. The first-order chi connectivity index (χ1) is 4.74. The van der Waals surface area contributed by atoms with Crippen molar-refractivity contribution in [3.8, 4) is 0 Å². The largest absolute Gasteiger partial charge is 0.303 e. The van der Waals surface area contributed by atoms with Crippen LogP contribution in [0.5, 0.6) is 0 Å². The van der Waals surface area contributed by atoms with Gasteiger partial charge >= 0.3 is 0 Å². The van der Waals surface area contributed by atoms with Gasteiger partial charge in [-0.2, -0.15) is 0 Å². The summed E-state index contributed by atoms with van der Waals surface area (Å²) in [5.74, 6) is 0. The zero-order chi connectivity index (χ0) is 7.56. The second-order valence-electron chi connectivity index (χ2n) is 1.84.